The van der Waals surface area contributed by atoms with E-state index in [0.29, 0.717) is 5.92 Å². The lowest BCUT2D eigenvalue weighted by Crippen LogP contribution is -1.99. The van der Waals surface area contributed by atoms with Gasteiger partial charge < -0.3 is 5.11 Å². The Morgan fingerprint density at radius 3 is 2.62 bits per heavy atom. The summed E-state index contributed by atoms with van der Waals surface area (Å²) in [5, 5.41) is 10.6. The van der Waals surface area contributed by atoms with E-state index in [1.54, 1.807) is 0 Å². The third-order valence-corrected chi connectivity index (χ3v) is 2.69. The molecule has 1 saturated carbocycles. The monoisotopic (exact) mass is 196 g/mol. The van der Waals surface area contributed by atoms with Crippen LogP contribution in [0.3, 0.4) is 0 Å². The van der Waals surface area contributed by atoms with Crippen molar-refractivity contribution in [2.45, 2.75) is 25.9 Å². The van der Waals surface area contributed by atoms with Crippen LogP contribution in [0.15, 0.2) is 18.2 Å². The van der Waals surface area contributed by atoms with Crippen LogP contribution in [0.4, 0.5) is 0 Å². The SMILES string of the molecule is Cc1cc(Cl)cc(C(O)C2CC2)c1. The molecule has 0 spiro atoms. The molecule has 1 N–H and O–H groups in total. The van der Waals surface area contributed by atoms with Crippen molar-refractivity contribution in [3.63, 3.8) is 0 Å². The molecule has 70 valence electrons. The van der Waals surface area contributed by atoms with Gasteiger partial charge in [0.1, 0.15) is 0 Å². The van der Waals surface area contributed by atoms with Crippen molar-refractivity contribution in [2.24, 2.45) is 5.92 Å². The molecule has 1 unspecified atom stereocenters. The van der Waals surface area contributed by atoms with Crippen LogP contribution < -0.4 is 0 Å². The second-order valence-corrected chi connectivity index (χ2v) is 4.28. The summed E-state index contributed by atoms with van der Waals surface area (Å²) in [5.74, 6) is 0.470. The zero-order chi connectivity index (χ0) is 9.42. The fourth-order valence-corrected chi connectivity index (χ4v) is 1.92. The van der Waals surface area contributed by atoms with E-state index in [-0.39, 0.29) is 6.10 Å². The molecule has 0 bridgehead atoms. The summed E-state index contributed by atoms with van der Waals surface area (Å²) in [6.45, 7) is 2.00. The topological polar surface area (TPSA) is 20.2 Å². The maximum absolute atomic E-state index is 9.85. The van der Waals surface area contributed by atoms with Crippen molar-refractivity contribution in [3.8, 4) is 0 Å². The Hall–Kier alpha value is -0.530. The molecule has 1 aliphatic rings. The summed E-state index contributed by atoms with van der Waals surface area (Å²) in [5.41, 5.74) is 2.08. The number of hydrogen-bond acceptors (Lipinski definition) is 1. The summed E-state index contributed by atoms with van der Waals surface area (Å²) < 4.78 is 0. The fourth-order valence-electron chi connectivity index (χ4n) is 1.62. The molecular formula is C11H13ClO. The van der Waals surface area contributed by atoms with Gasteiger partial charge in [0.05, 0.1) is 6.10 Å². The average Bonchev–Trinajstić information content (AvgIpc) is 2.83. The number of aryl methyl sites for hydroxylation is 1. The van der Waals surface area contributed by atoms with Gasteiger partial charge in [-0.15, -0.1) is 0 Å². The van der Waals surface area contributed by atoms with Crippen molar-refractivity contribution in [3.05, 3.63) is 34.3 Å². The first kappa shape index (κ1) is 9.04. The maximum atomic E-state index is 9.85. The molecule has 1 nitrogen and oxygen atoms in total. The third-order valence-electron chi connectivity index (χ3n) is 2.47. The first-order chi connectivity index (χ1) is 6.16. The molecule has 1 atom stereocenters. The van der Waals surface area contributed by atoms with Gasteiger partial charge in [0.2, 0.25) is 0 Å². The van der Waals surface area contributed by atoms with Crippen LogP contribution in [0, 0.1) is 12.8 Å². The Bertz CT molecular complexity index is 298. The maximum Gasteiger partial charge on any atom is 0.0818 e. The Labute approximate surface area is 83.3 Å². The van der Waals surface area contributed by atoms with E-state index < -0.39 is 0 Å². The number of hydrogen-bond donors (Lipinski definition) is 1. The first-order valence-electron chi connectivity index (χ1n) is 4.62. The number of aliphatic hydroxyl groups is 1. The predicted octanol–water partition coefficient (Wildman–Crippen LogP) is 3.09. The van der Waals surface area contributed by atoms with E-state index >= 15 is 0 Å². The molecule has 13 heavy (non-hydrogen) atoms. The van der Waals surface area contributed by atoms with Crippen molar-refractivity contribution in [2.75, 3.05) is 0 Å². The number of aliphatic hydroxyl groups excluding tert-OH is 1. The quantitative estimate of drug-likeness (QED) is 0.771. The summed E-state index contributed by atoms with van der Waals surface area (Å²) in [6, 6.07) is 5.77. The Kier molecular flexibility index (Phi) is 2.31. The number of halogens is 1. The predicted molar refractivity (Wildman–Crippen MR) is 53.9 cm³/mol. The van der Waals surface area contributed by atoms with Crippen molar-refractivity contribution in [1.82, 2.24) is 0 Å². The van der Waals surface area contributed by atoms with Crippen molar-refractivity contribution < 1.29 is 5.11 Å². The van der Waals surface area contributed by atoms with Gasteiger partial charge in [-0.2, -0.15) is 0 Å². The van der Waals surface area contributed by atoms with E-state index in [1.165, 1.54) is 0 Å². The van der Waals surface area contributed by atoms with E-state index in [9.17, 15) is 5.11 Å². The molecule has 0 amide bonds. The smallest absolute Gasteiger partial charge is 0.0818 e. The van der Waals surface area contributed by atoms with Crippen molar-refractivity contribution >= 4 is 11.6 Å². The van der Waals surface area contributed by atoms with Crippen LogP contribution in [-0.4, -0.2) is 5.11 Å². The number of benzene rings is 1. The molecule has 0 aliphatic heterocycles. The highest BCUT2D eigenvalue weighted by atomic mass is 35.5. The Morgan fingerprint density at radius 1 is 1.38 bits per heavy atom. The molecule has 0 heterocycles. The van der Waals surface area contributed by atoms with E-state index in [2.05, 4.69) is 0 Å². The van der Waals surface area contributed by atoms with Gasteiger partial charge in [0.25, 0.3) is 0 Å². The molecule has 0 aromatic heterocycles. The van der Waals surface area contributed by atoms with Crippen LogP contribution in [0.2, 0.25) is 5.02 Å². The van der Waals surface area contributed by atoms with Gasteiger partial charge >= 0.3 is 0 Å². The molecule has 2 rings (SSSR count). The first-order valence-corrected chi connectivity index (χ1v) is 5.00. The minimum absolute atomic E-state index is 0.308. The van der Waals surface area contributed by atoms with Gasteiger partial charge in [0.15, 0.2) is 0 Å². The summed E-state index contributed by atoms with van der Waals surface area (Å²) >= 11 is 5.91. The normalized spacial score (nSPS) is 18.7. The molecular weight excluding hydrogens is 184 g/mol. The van der Waals surface area contributed by atoms with Crippen LogP contribution >= 0.6 is 11.6 Å². The summed E-state index contributed by atoms with van der Waals surface area (Å²) in [6.07, 6.45) is 1.98. The zero-order valence-corrected chi connectivity index (χ0v) is 8.38. The van der Waals surface area contributed by atoms with Gasteiger partial charge in [-0.3, -0.25) is 0 Å². The second-order valence-electron chi connectivity index (χ2n) is 3.84. The lowest BCUT2D eigenvalue weighted by atomic mass is 10.0. The minimum Gasteiger partial charge on any atom is -0.388 e. The molecule has 1 aromatic carbocycles. The standard InChI is InChI=1S/C11H13ClO/c1-7-4-9(6-10(12)5-7)11(13)8-2-3-8/h4-6,8,11,13H,2-3H2,1H3. The van der Waals surface area contributed by atoms with Gasteiger partial charge in [-0.1, -0.05) is 17.7 Å². The van der Waals surface area contributed by atoms with Crippen LogP contribution in [0.1, 0.15) is 30.1 Å². The highest BCUT2D eigenvalue weighted by molar-refractivity contribution is 6.30. The minimum atomic E-state index is -0.308. The molecule has 1 aliphatic carbocycles. The molecule has 1 aromatic rings. The highest BCUT2D eigenvalue weighted by Crippen LogP contribution is 2.41. The number of rotatable bonds is 2. The highest BCUT2D eigenvalue weighted by Gasteiger charge is 2.30. The van der Waals surface area contributed by atoms with Crippen molar-refractivity contribution in [1.29, 1.82) is 0 Å². The molecule has 1 fully saturated rings. The zero-order valence-electron chi connectivity index (χ0n) is 7.63. The van der Waals surface area contributed by atoms with E-state index in [1.807, 2.05) is 25.1 Å². The second kappa shape index (κ2) is 3.32. The Balaban J connectivity index is 2.27. The third kappa shape index (κ3) is 2.04. The largest absolute Gasteiger partial charge is 0.388 e. The fraction of sp³-hybridized carbons (Fsp3) is 0.455. The van der Waals surface area contributed by atoms with Crippen LogP contribution in [-0.2, 0) is 0 Å². The van der Waals surface area contributed by atoms with Gasteiger partial charge in [0, 0.05) is 5.02 Å². The van der Waals surface area contributed by atoms with Gasteiger partial charge in [-0.05, 0) is 48.9 Å². The molecule has 0 saturated heterocycles. The molecule has 2 heteroatoms. The van der Waals surface area contributed by atoms with E-state index in [4.69, 9.17) is 11.6 Å². The summed E-state index contributed by atoms with van der Waals surface area (Å²) in [4.78, 5) is 0. The van der Waals surface area contributed by atoms with Crippen LogP contribution in [0.25, 0.3) is 0 Å². The van der Waals surface area contributed by atoms with Crippen LogP contribution in [0.5, 0.6) is 0 Å². The molecule has 0 radical (unpaired) electrons. The van der Waals surface area contributed by atoms with Gasteiger partial charge in [-0.25, -0.2) is 0 Å². The van der Waals surface area contributed by atoms with E-state index in [0.717, 1.165) is 29.0 Å². The Morgan fingerprint density at radius 2 is 2.08 bits per heavy atom. The lowest BCUT2D eigenvalue weighted by molar-refractivity contribution is 0.154. The average molecular weight is 197 g/mol. The lowest BCUT2D eigenvalue weighted by Gasteiger charge is -2.10. The summed E-state index contributed by atoms with van der Waals surface area (Å²) in [7, 11) is 0.